The third-order valence-corrected chi connectivity index (χ3v) is 4.41. The summed E-state index contributed by atoms with van der Waals surface area (Å²) in [6.07, 6.45) is 3.33. The second kappa shape index (κ2) is 8.64. The summed E-state index contributed by atoms with van der Waals surface area (Å²) in [5.41, 5.74) is 1.40. The number of carbonyl (C=O) groups excluding carboxylic acids is 1. The fraction of sp³-hybridized carbons (Fsp3) is 0.238. The molecular weight excluding hydrogens is 377 g/mol. The number of benzene rings is 2. The van der Waals surface area contributed by atoms with Crippen LogP contribution in [-0.4, -0.2) is 36.8 Å². The molecular formula is C21H22FN3O4. The number of nitrogens with one attached hydrogen (secondary N) is 1. The third-order valence-electron chi connectivity index (χ3n) is 4.41. The highest BCUT2D eigenvalue weighted by molar-refractivity contribution is 5.92. The highest BCUT2D eigenvalue weighted by atomic mass is 19.1. The summed E-state index contributed by atoms with van der Waals surface area (Å²) in [5, 5.41) is 2.71. The lowest BCUT2D eigenvalue weighted by molar-refractivity contribution is -0.115. The van der Waals surface area contributed by atoms with E-state index in [1.807, 2.05) is 0 Å². The van der Waals surface area contributed by atoms with Crippen molar-refractivity contribution in [2.75, 3.05) is 26.6 Å². The molecule has 3 aromatic rings. The first-order valence-corrected chi connectivity index (χ1v) is 8.85. The first-order valence-electron chi connectivity index (χ1n) is 8.85. The Kier molecular flexibility index (Phi) is 6.01. The van der Waals surface area contributed by atoms with E-state index in [-0.39, 0.29) is 12.3 Å². The minimum atomic E-state index is -0.461. The molecule has 152 valence electrons. The Morgan fingerprint density at radius 3 is 2.31 bits per heavy atom. The average Bonchev–Trinajstić information content (AvgIpc) is 3.12. The summed E-state index contributed by atoms with van der Waals surface area (Å²) in [5.74, 6) is 1.28. The summed E-state index contributed by atoms with van der Waals surface area (Å²) >= 11 is 0. The predicted molar refractivity (Wildman–Crippen MR) is 107 cm³/mol. The van der Waals surface area contributed by atoms with Gasteiger partial charge in [0.05, 0.1) is 33.4 Å². The molecule has 8 heteroatoms. The molecule has 1 amide bonds. The van der Waals surface area contributed by atoms with Crippen molar-refractivity contribution in [2.24, 2.45) is 0 Å². The lowest BCUT2D eigenvalue weighted by Gasteiger charge is -2.14. The molecule has 3 rings (SSSR count). The quantitative estimate of drug-likeness (QED) is 0.658. The van der Waals surface area contributed by atoms with Gasteiger partial charge in [0.25, 0.3) is 0 Å². The predicted octanol–water partition coefficient (Wildman–Crippen LogP) is 3.53. The number of carbonyl (C=O) groups is 1. The molecule has 0 aliphatic carbocycles. The molecule has 0 fully saturated rings. The van der Waals surface area contributed by atoms with Crippen LogP contribution in [-0.2, 0) is 11.2 Å². The highest BCUT2D eigenvalue weighted by Crippen LogP contribution is 2.38. The van der Waals surface area contributed by atoms with Gasteiger partial charge < -0.3 is 24.1 Å². The van der Waals surface area contributed by atoms with Gasteiger partial charge in [-0.15, -0.1) is 0 Å². The second-order valence-corrected chi connectivity index (χ2v) is 6.27. The molecule has 1 heterocycles. The number of rotatable bonds is 7. The van der Waals surface area contributed by atoms with Gasteiger partial charge in [-0.2, -0.15) is 0 Å². The van der Waals surface area contributed by atoms with Gasteiger partial charge in [-0.1, -0.05) is 0 Å². The number of aromatic nitrogens is 2. The summed E-state index contributed by atoms with van der Waals surface area (Å²) < 4.78 is 32.0. The Morgan fingerprint density at radius 1 is 1.10 bits per heavy atom. The number of hydrogen-bond donors (Lipinski definition) is 1. The summed E-state index contributed by atoms with van der Waals surface area (Å²) in [7, 11) is 4.52. The van der Waals surface area contributed by atoms with Gasteiger partial charge in [0.1, 0.15) is 11.6 Å². The Hall–Kier alpha value is -3.55. The van der Waals surface area contributed by atoms with Gasteiger partial charge >= 0.3 is 0 Å². The minimum Gasteiger partial charge on any atom is -0.493 e. The zero-order chi connectivity index (χ0) is 21.0. The molecule has 0 atom stereocenters. The van der Waals surface area contributed by atoms with E-state index in [1.54, 1.807) is 48.1 Å². The fourth-order valence-electron chi connectivity index (χ4n) is 3.04. The van der Waals surface area contributed by atoms with Gasteiger partial charge in [-0.3, -0.25) is 4.79 Å². The number of anilines is 1. The van der Waals surface area contributed by atoms with Gasteiger partial charge in [0.15, 0.2) is 11.5 Å². The van der Waals surface area contributed by atoms with Crippen LogP contribution in [0.4, 0.5) is 10.1 Å². The van der Waals surface area contributed by atoms with Crippen molar-refractivity contribution in [1.29, 1.82) is 0 Å². The van der Waals surface area contributed by atoms with Crippen molar-refractivity contribution in [3.8, 4) is 22.9 Å². The Labute approximate surface area is 168 Å². The third kappa shape index (κ3) is 4.31. The van der Waals surface area contributed by atoms with Crippen molar-refractivity contribution in [2.45, 2.75) is 13.3 Å². The number of hydrogen-bond acceptors (Lipinski definition) is 5. The van der Waals surface area contributed by atoms with Crippen LogP contribution in [0.5, 0.6) is 17.2 Å². The monoisotopic (exact) mass is 399 g/mol. The average molecular weight is 399 g/mol. The van der Waals surface area contributed by atoms with Crippen LogP contribution in [0.1, 0.15) is 11.4 Å². The summed E-state index contributed by atoms with van der Waals surface area (Å²) in [6.45, 7) is 1.78. The van der Waals surface area contributed by atoms with Crippen LogP contribution >= 0.6 is 0 Å². The minimum absolute atomic E-state index is 0.0563. The maximum atomic E-state index is 14.5. The molecule has 2 aromatic carbocycles. The number of ether oxygens (including phenoxy) is 3. The first-order chi connectivity index (χ1) is 14.0. The molecule has 0 bridgehead atoms. The number of imidazole rings is 1. The zero-order valence-electron chi connectivity index (χ0n) is 16.7. The molecule has 0 unspecified atom stereocenters. The maximum Gasteiger partial charge on any atom is 0.228 e. The van der Waals surface area contributed by atoms with E-state index in [4.69, 9.17) is 14.2 Å². The van der Waals surface area contributed by atoms with E-state index in [0.717, 1.165) is 0 Å². The Morgan fingerprint density at radius 2 is 1.79 bits per heavy atom. The Balaban J connectivity index is 1.76. The van der Waals surface area contributed by atoms with Gasteiger partial charge in [-0.25, -0.2) is 9.37 Å². The van der Waals surface area contributed by atoms with Crippen LogP contribution in [0.2, 0.25) is 0 Å². The SMILES string of the molecule is COc1cc(CC(=O)Nc2ccc(-n3ccnc3C)c(F)c2)cc(OC)c1OC. The van der Waals surface area contributed by atoms with E-state index in [1.165, 1.54) is 27.4 Å². The van der Waals surface area contributed by atoms with Crippen molar-refractivity contribution in [3.63, 3.8) is 0 Å². The lowest BCUT2D eigenvalue weighted by atomic mass is 10.1. The van der Waals surface area contributed by atoms with Crippen LogP contribution in [0, 0.1) is 12.7 Å². The topological polar surface area (TPSA) is 74.6 Å². The number of methoxy groups -OCH3 is 3. The van der Waals surface area contributed by atoms with E-state index >= 15 is 0 Å². The molecule has 1 aromatic heterocycles. The number of halogens is 1. The standard InChI is InChI=1S/C21H22FN3O4/c1-13-23-7-8-25(13)17-6-5-15(12-16(17)22)24-20(26)11-14-9-18(27-2)21(29-4)19(10-14)28-3/h5-10,12H,11H2,1-4H3,(H,24,26). The number of amides is 1. The molecule has 0 aliphatic rings. The van der Waals surface area contributed by atoms with E-state index in [2.05, 4.69) is 10.3 Å². The van der Waals surface area contributed by atoms with Crippen molar-refractivity contribution < 1.29 is 23.4 Å². The van der Waals surface area contributed by atoms with Gasteiger partial charge in [0, 0.05) is 18.1 Å². The summed E-state index contributed by atoms with van der Waals surface area (Å²) in [6, 6.07) is 7.92. The van der Waals surface area contributed by atoms with Crippen molar-refractivity contribution in [3.05, 3.63) is 59.9 Å². The maximum absolute atomic E-state index is 14.5. The fourth-order valence-corrected chi connectivity index (χ4v) is 3.04. The molecule has 0 aliphatic heterocycles. The van der Waals surface area contributed by atoms with Crippen molar-refractivity contribution in [1.82, 2.24) is 9.55 Å². The van der Waals surface area contributed by atoms with E-state index in [0.29, 0.717) is 40.0 Å². The lowest BCUT2D eigenvalue weighted by Crippen LogP contribution is -2.15. The number of aryl methyl sites for hydroxylation is 1. The van der Waals surface area contributed by atoms with Gasteiger partial charge in [0.2, 0.25) is 11.7 Å². The normalized spacial score (nSPS) is 10.5. The molecule has 7 nitrogen and oxygen atoms in total. The van der Waals surface area contributed by atoms with Gasteiger partial charge in [-0.05, 0) is 42.8 Å². The summed E-state index contributed by atoms with van der Waals surface area (Å²) in [4.78, 5) is 16.5. The molecule has 29 heavy (non-hydrogen) atoms. The van der Waals surface area contributed by atoms with Crippen LogP contribution in [0.3, 0.4) is 0 Å². The Bertz CT molecular complexity index is 1010. The smallest absolute Gasteiger partial charge is 0.228 e. The zero-order valence-corrected chi connectivity index (χ0v) is 16.7. The van der Waals surface area contributed by atoms with E-state index < -0.39 is 5.82 Å². The van der Waals surface area contributed by atoms with Crippen LogP contribution in [0.15, 0.2) is 42.7 Å². The largest absolute Gasteiger partial charge is 0.493 e. The molecule has 0 saturated heterocycles. The molecule has 1 N–H and O–H groups in total. The molecule has 0 spiro atoms. The van der Waals surface area contributed by atoms with Crippen LogP contribution < -0.4 is 19.5 Å². The first kappa shape index (κ1) is 20.2. The van der Waals surface area contributed by atoms with Crippen LogP contribution in [0.25, 0.3) is 5.69 Å². The molecule has 0 saturated carbocycles. The number of nitrogens with zero attached hydrogens (tertiary/aromatic N) is 2. The second-order valence-electron chi connectivity index (χ2n) is 6.27. The van der Waals surface area contributed by atoms with Crippen molar-refractivity contribution >= 4 is 11.6 Å². The molecule has 0 radical (unpaired) electrons. The highest BCUT2D eigenvalue weighted by Gasteiger charge is 2.15. The van der Waals surface area contributed by atoms with E-state index in [9.17, 15) is 9.18 Å².